The van der Waals surface area contributed by atoms with Gasteiger partial charge in [0.05, 0.1) is 30.8 Å². The Bertz CT molecular complexity index is 1410. The Morgan fingerprint density at radius 1 is 1.08 bits per heavy atom. The Balaban J connectivity index is 1.25. The number of morpholine rings is 1. The molecule has 2 aliphatic rings. The number of sulfonamides is 1. The van der Waals surface area contributed by atoms with E-state index in [1.54, 1.807) is 19.2 Å². The van der Waals surface area contributed by atoms with Crippen LogP contribution in [0.25, 0.3) is 22.2 Å². The molecule has 9 heteroatoms. The highest BCUT2D eigenvalue weighted by molar-refractivity contribution is 7.89. The number of nitrogens with one attached hydrogen (secondary N) is 1. The van der Waals surface area contributed by atoms with Crippen LogP contribution in [0.1, 0.15) is 38.2 Å². The normalized spacial score (nSPS) is 22.3. The monoisotopic (exact) mass is 553 g/mol. The van der Waals surface area contributed by atoms with Crippen molar-refractivity contribution in [3.63, 3.8) is 0 Å². The lowest BCUT2D eigenvalue weighted by Gasteiger charge is -2.37. The number of fused-ring (bicyclic) bond motifs is 1. The molecular weight excluding hydrogens is 514 g/mol. The molecule has 1 N–H and O–H groups in total. The molecule has 2 fully saturated rings. The maximum atomic E-state index is 13.3. The van der Waals surface area contributed by atoms with Crippen LogP contribution in [0.5, 0.6) is 0 Å². The van der Waals surface area contributed by atoms with E-state index in [1.165, 1.54) is 5.56 Å². The Kier molecular flexibility index (Phi) is 8.42. The smallest absolute Gasteiger partial charge is 0.240 e. The van der Waals surface area contributed by atoms with Crippen molar-refractivity contribution in [3.05, 3.63) is 54.1 Å². The highest BCUT2D eigenvalue weighted by Crippen LogP contribution is 2.31. The zero-order valence-electron chi connectivity index (χ0n) is 23.1. The van der Waals surface area contributed by atoms with Crippen LogP contribution in [0.4, 0.5) is 0 Å². The molecule has 1 aliphatic heterocycles. The maximum absolute atomic E-state index is 13.3. The summed E-state index contributed by atoms with van der Waals surface area (Å²) in [6.07, 6.45) is 3.57. The van der Waals surface area contributed by atoms with Crippen molar-refractivity contribution in [1.29, 1.82) is 0 Å². The molecule has 1 atom stereocenters. The molecule has 1 aliphatic carbocycles. The molecule has 1 saturated heterocycles. The van der Waals surface area contributed by atoms with Crippen molar-refractivity contribution >= 4 is 26.8 Å². The number of carbonyl (C=O) groups excluding carboxylic acids is 1. The van der Waals surface area contributed by atoms with Crippen molar-refractivity contribution in [1.82, 2.24) is 14.2 Å². The van der Waals surface area contributed by atoms with Gasteiger partial charge in [0.2, 0.25) is 15.9 Å². The van der Waals surface area contributed by atoms with Gasteiger partial charge in [0.15, 0.2) is 0 Å². The Hall–Kier alpha value is -2.72. The first-order valence-electron chi connectivity index (χ1n) is 13.8. The third-order valence-electron chi connectivity index (χ3n) is 8.22. The van der Waals surface area contributed by atoms with Crippen molar-refractivity contribution in [2.45, 2.75) is 56.0 Å². The molecule has 0 spiro atoms. The summed E-state index contributed by atoms with van der Waals surface area (Å²) in [5, 5.41) is 0.992. The van der Waals surface area contributed by atoms with E-state index in [-0.39, 0.29) is 28.8 Å². The molecule has 0 bridgehead atoms. The fourth-order valence-electron chi connectivity index (χ4n) is 5.85. The first-order chi connectivity index (χ1) is 18.8. The van der Waals surface area contributed by atoms with Gasteiger partial charge >= 0.3 is 0 Å². The molecule has 1 aromatic heterocycles. The summed E-state index contributed by atoms with van der Waals surface area (Å²) in [4.78, 5) is 15.2. The minimum absolute atomic E-state index is 0.0431. The van der Waals surface area contributed by atoms with Gasteiger partial charge in [-0.2, -0.15) is 0 Å². The van der Waals surface area contributed by atoms with E-state index in [4.69, 9.17) is 9.47 Å². The van der Waals surface area contributed by atoms with Crippen molar-refractivity contribution in [2.75, 3.05) is 33.5 Å². The topological polar surface area (TPSA) is 89.9 Å². The van der Waals surface area contributed by atoms with Crippen LogP contribution in [0.3, 0.4) is 0 Å². The van der Waals surface area contributed by atoms with Crippen LogP contribution in [0.15, 0.2) is 53.4 Å². The van der Waals surface area contributed by atoms with E-state index in [9.17, 15) is 13.2 Å². The number of rotatable bonds is 8. The fraction of sp³-hybridized carbons (Fsp3) is 0.500. The summed E-state index contributed by atoms with van der Waals surface area (Å²) in [6.45, 7) is 4.50. The quantitative estimate of drug-likeness (QED) is 0.453. The molecule has 3 aromatic rings. The number of nitrogens with zero attached hydrogens (tertiary/aromatic N) is 2. The molecule has 1 saturated carbocycles. The largest absolute Gasteiger partial charge is 0.384 e. The fourth-order valence-corrected chi connectivity index (χ4v) is 7.18. The summed E-state index contributed by atoms with van der Waals surface area (Å²) >= 11 is 0. The van der Waals surface area contributed by atoms with Crippen LogP contribution < -0.4 is 4.72 Å². The van der Waals surface area contributed by atoms with Crippen molar-refractivity contribution < 1.29 is 22.7 Å². The lowest BCUT2D eigenvalue weighted by Crippen LogP contribution is -2.50. The van der Waals surface area contributed by atoms with Gasteiger partial charge in [-0.1, -0.05) is 30.3 Å². The maximum Gasteiger partial charge on any atom is 0.240 e. The van der Waals surface area contributed by atoms with Crippen LogP contribution in [-0.4, -0.2) is 69.4 Å². The van der Waals surface area contributed by atoms with E-state index in [0.29, 0.717) is 52.0 Å². The SMILES string of the molecule is COCCc1ccc(-c2cc3ccc(S(=O)(=O)NC4CCC(C(=O)N5CCOCC5C)CC4)cc3n2C)cc1. The number of carbonyl (C=O) groups is 1. The lowest BCUT2D eigenvalue weighted by atomic mass is 9.85. The second kappa shape index (κ2) is 11.8. The average Bonchev–Trinajstić information content (AvgIpc) is 3.28. The summed E-state index contributed by atoms with van der Waals surface area (Å²) in [5.41, 5.74) is 4.19. The van der Waals surface area contributed by atoms with E-state index in [2.05, 4.69) is 35.1 Å². The summed E-state index contributed by atoms with van der Waals surface area (Å²) in [5.74, 6) is 0.139. The molecule has 2 aromatic carbocycles. The standard InChI is InChI=1S/C30H39N3O5S/c1-21-20-38-17-15-33(21)30(34)24-8-11-26(12-9-24)31-39(35,36)27-13-10-25-18-28(32(2)29(25)19-27)23-6-4-22(5-7-23)14-16-37-3/h4-7,10,13,18-19,21,24,26,31H,8-9,11-12,14-17,20H2,1-3H3. The predicted molar refractivity (Wildman–Crippen MR) is 152 cm³/mol. The summed E-state index contributed by atoms with van der Waals surface area (Å²) in [7, 11) is -0.0228. The van der Waals surface area contributed by atoms with Gasteiger partial charge in [0, 0.05) is 49.3 Å². The Labute approximate surface area is 231 Å². The lowest BCUT2D eigenvalue weighted by molar-refractivity contribution is -0.144. The molecular formula is C30H39N3O5S. The average molecular weight is 554 g/mol. The van der Waals surface area contributed by atoms with Gasteiger partial charge in [0.25, 0.3) is 0 Å². The van der Waals surface area contributed by atoms with Gasteiger partial charge in [-0.3, -0.25) is 4.79 Å². The Morgan fingerprint density at radius 2 is 1.82 bits per heavy atom. The number of methoxy groups -OCH3 is 1. The molecule has 1 unspecified atom stereocenters. The minimum Gasteiger partial charge on any atom is -0.384 e. The zero-order chi connectivity index (χ0) is 27.6. The van der Waals surface area contributed by atoms with Crippen molar-refractivity contribution in [3.8, 4) is 11.3 Å². The highest BCUT2D eigenvalue weighted by atomic mass is 32.2. The highest BCUT2D eigenvalue weighted by Gasteiger charge is 2.34. The van der Waals surface area contributed by atoms with Crippen LogP contribution >= 0.6 is 0 Å². The first-order valence-corrected chi connectivity index (χ1v) is 15.3. The molecule has 210 valence electrons. The summed E-state index contributed by atoms with van der Waals surface area (Å²) < 4.78 is 42.3. The van der Waals surface area contributed by atoms with Gasteiger partial charge < -0.3 is 18.9 Å². The number of benzene rings is 2. The van der Waals surface area contributed by atoms with Crippen LogP contribution in [0, 0.1) is 5.92 Å². The first kappa shape index (κ1) is 27.8. The number of hydrogen-bond donors (Lipinski definition) is 1. The zero-order valence-corrected chi connectivity index (χ0v) is 23.9. The second-order valence-electron chi connectivity index (χ2n) is 10.9. The van der Waals surface area contributed by atoms with Crippen molar-refractivity contribution in [2.24, 2.45) is 13.0 Å². The van der Waals surface area contributed by atoms with Gasteiger partial charge in [-0.15, -0.1) is 0 Å². The molecule has 39 heavy (non-hydrogen) atoms. The minimum atomic E-state index is -3.69. The van der Waals surface area contributed by atoms with Crippen LogP contribution in [0.2, 0.25) is 0 Å². The van der Waals surface area contributed by atoms with E-state index >= 15 is 0 Å². The number of hydrogen-bond acceptors (Lipinski definition) is 5. The third kappa shape index (κ3) is 6.06. The number of amides is 1. The number of ether oxygens (including phenoxy) is 2. The number of aromatic nitrogens is 1. The third-order valence-corrected chi connectivity index (χ3v) is 9.74. The molecule has 1 amide bonds. The molecule has 5 rings (SSSR count). The second-order valence-corrected chi connectivity index (χ2v) is 12.6. The number of aryl methyl sites for hydroxylation is 1. The van der Waals surface area contributed by atoms with Crippen LogP contribution in [-0.2, 0) is 37.8 Å². The van der Waals surface area contributed by atoms with Gasteiger partial charge in [0.1, 0.15) is 0 Å². The Morgan fingerprint density at radius 3 is 2.51 bits per heavy atom. The van der Waals surface area contributed by atoms with E-state index < -0.39 is 10.0 Å². The molecule has 0 radical (unpaired) electrons. The predicted octanol–water partition coefficient (Wildman–Crippen LogP) is 4.12. The summed E-state index contributed by atoms with van der Waals surface area (Å²) in [6, 6.07) is 15.7. The van der Waals surface area contributed by atoms with Gasteiger partial charge in [-0.25, -0.2) is 13.1 Å². The molecule has 8 nitrogen and oxygen atoms in total. The van der Waals surface area contributed by atoms with E-state index in [1.807, 2.05) is 29.5 Å². The van der Waals surface area contributed by atoms with E-state index in [0.717, 1.165) is 28.6 Å². The van der Waals surface area contributed by atoms with Gasteiger partial charge in [-0.05, 0) is 68.4 Å². The molecule has 2 heterocycles.